The molecule has 0 bridgehead atoms. The Hall–Kier alpha value is -2.37. The van der Waals surface area contributed by atoms with E-state index < -0.39 is 0 Å². The van der Waals surface area contributed by atoms with Gasteiger partial charge in [-0.1, -0.05) is 6.92 Å². The van der Waals surface area contributed by atoms with E-state index in [1.165, 1.54) is 18.6 Å². The molecule has 0 amide bonds. The molecule has 6 heteroatoms. The number of piperidine rings is 1. The molecule has 0 radical (unpaired) electrons. The largest absolute Gasteiger partial charge is 0.370 e. The summed E-state index contributed by atoms with van der Waals surface area (Å²) >= 11 is 0. The quantitative estimate of drug-likeness (QED) is 0.699. The van der Waals surface area contributed by atoms with Crippen LogP contribution in [0.2, 0.25) is 0 Å². The molecule has 1 atom stereocenters. The second kappa shape index (κ2) is 6.81. The van der Waals surface area contributed by atoms with E-state index in [2.05, 4.69) is 21.9 Å². The molecule has 1 aliphatic heterocycles. The highest BCUT2D eigenvalue weighted by Gasteiger charge is 2.17. The van der Waals surface area contributed by atoms with Crippen molar-refractivity contribution in [2.45, 2.75) is 26.3 Å². The van der Waals surface area contributed by atoms with Crippen LogP contribution >= 0.6 is 0 Å². The maximum Gasteiger partial charge on any atom is 0.191 e. The van der Waals surface area contributed by atoms with E-state index in [9.17, 15) is 4.39 Å². The van der Waals surface area contributed by atoms with E-state index in [0.29, 0.717) is 18.4 Å². The van der Waals surface area contributed by atoms with E-state index in [1.807, 2.05) is 12.3 Å². The van der Waals surface area contributed by atoms with Crippen molar-refractivity contribution in [2.75, 3.05) is 13.1 Å². The number of aromatic nitrogens is 2. The summed E-state index contributed by atoms with van der Waals surface area (Å²) in [7, 11) is 0. The third kappa shape index (κ3) is 3.88. The van der Waals surface area contributed by atoms with Crippen LogP contribution in [0.1, 0.15) is 25.5 Å². The van der Waals surface area contributed by atoms with Gasteiger partial charge in [-0.3, -0.25) is 0 Å². The van der Waals surface area contributed by atoms with Gasteiger partial charge >= 0.3 is 0 Å². The van der Waals surface area contributed by atoms with Crippen LogP contribution in [-0.4, -0.2) is 33.7 Å². The maximum absolute atomic E-state index is 13.0. The predicted molar refractivity (Wildman–Crippen MR) is 88.8 cm³/mol. The average molecular weight is 315 g/mol. The van der Waals surface area contributed by atoms with E-state index in [-0.39, 0.29) is 5.82 Å². The van der Waals surface area contributed by atoms with Gasteiger partial charge < -0.3 is 10.6 Å². The number of aliphatic imine (C=N–C) groups is 1. The maximum atomic E-state index is 13.0. The molecule has 0 aliphatic carbocycles. The standard InChI is InChI=1S/C17H22FN5/c1-13-3-2-9-22(12-13)17(19)20-11-15-8-10-23(21-15)16-6-4-14(18)5-7-16/h4-8,10,13H,2-3,9,11-12H2,1H3,(H2,19,20). The molecule has 122 valence electrons. The zero-order chi connectivity index (χ0) is 16.2. The van der Waals surface area contributed by atoms with Crippen LogP contribution in [0.4, 0.5) is 4.39 Å². The van der Waals surface area contributed by atoms with Crippen molar-refractivity contribution in [2.24, 2.45) is 16.6 Å². The molecule has 1 saturated heterocycles. The summed E-state index contributed by atoms with van der Waals surface area (Å²) in [5.41, 5.74) is 7.75. The van der Waals surface area contributed by atoms with Gasteiger partial charge in [-0.15, -0.1) is 0 Å². The van der Waals surface area contributed by atoms with E-state index >= 15 is 0 Å². The van der Waals surface area contributed by atoms with Gasteiger partial charge in [0.1, 0.15) is 5.82 Å². The molecule has 1 aliphatic rings. The molecular formula is C17H22FN5. The van der Waals surface area contributed by atoms with Crippen molar-refractivity contribution < 1.29 is 4.39 Å². The number of benzene rings is 1. The number of hydrogen-bond donors (Lipinski definition) is 1. The Kier molecular flexibility index (Phi) is 4.60. The van der Waals surface area contributed by atoms with Crippen LogP contribution in [-0.2, 0) is 6.54 Å². The summed E-state index contributed by atoms with van der Waals surface area (Å²) in [6.07, 6.45) is 4.26. The van der Waals surface area contributed by atoms with Gasteiger partial charge in [0.15, 0.2) is 5.96 Å². The number of nitrogens with two attached hydrogens (primary N) is 1. The number of guanidine groups is 1. The van der Waals surface area contributed by atoms with Gasteiger partial charge in [-0.2, -0.15) is 5.10 Å². The molecule has 23 heavy (non-hydrogen) atoms. The molecule has 1 fully saturated rings. The number of halogens is 1. The Labute approximate surface area is 135 Å². The van der Waals surface area contributed by atoms with Crippen LogP contribution in [0.25, 0.3) is 5.69 Å². The van der Waals surface area contributed by atoms with Crippen molar-refractivity contribution in [3.8, 4) is 5.69 Å². The van der Waals surface area contributed by atoms with Crippen molar-refractivity contribution >= 4 is 5.96 Å². The van der Waals surface area contributed by atoms with E-state index in [1.54, 1.807) is 16.8 Å². The molecule has 5 nitrogen and oxygen atoms in total. The van der Waals surface area contributed by atoms with Crippen LogP contribution in [0, 0.1) is 11.7 Å². The lowest BCUT2D eigenvalue weighted by atomic mass is 10.0. The fourth-order valence-electron chi connectivity index (χ4n) is 2.84. The Morgan fingerprint density at radius 2 is 2.13 bits per heavy atom. The summed E-state index contributed by atoms with van der Waals surface area (Å²) in [4.78, 5) is 6.60. The molecule has 1 aromatic carbocycles. The first-order valence-electron chi connectivity index (χ1n) is 7.97. The fourth-order valence-corrected chi connectivity index (χ4v) is 2.84. The highest BCUT2D eigenvalue weighted by molar-refractivity contribution is 5.78. The molecule has 1 unspecified atom stereocenters. The Morgan fingerprint density at radius 1 is 1.35 bits per heavy atom. The number of hydrogen-bond acceptors (Lipinski definition) is 2. The van der Waals surface area contributed by atoms with Gasteiger partial charge in [0.25, 0.3) is 0 Å². The molecule has 2 heterocycles. The van der Waals surface area contributed by atoms with Crippen molar-refractivity contribution in [1.29, 1.82) is 0 Å². The minimum Gasteiger partial charge on any atom is -0.370 e. The first kappa shape index (κ1) is 15.5. The molecule has 2 N–H and O–H groups in total. The SMILES string of the molecule is CC1CCCN(C(N)=NCc2ccn(-c3ccc(F)cc3)n2)C1. The molecule has 0 saturated carbocycles. The lowest BCUT2D eigenvalue weighted by Crippen LogP contribution is -2.43. The summed E-state index contributed by atoms with van der Waals surface area (Å²) in [6.45, 7) is 4.64. The number of likely N-dealkylation sites (tertiary alicyclic amines) is 1. The normalized spacial score (nSPS) is 19.1. The van der Waals surface area contributed by atoms with Crippen LogP contribution in [0.15, 0.2) is 41.5 Å². The van der Waals surface area contributed by atoms with Crippen molar-refractivity contribution in [3.05, 3.63) is 48.0 Å². The highest BCUT2D eigenvalue weighted by atomic mass is 19.1. The summed E-state index contributed by atoms with van der Waals surface area (Å²) in [5.74, 6) is 0.998. The zero-order valence-electron chi connectivity index (χ0n) is 13.3. The van der Waals surface area contributed by atoms with Gasteiger partial charge in [0.05, 0.1) is 17.9 Å². The molecular weight excluding hydrogens is 293 g/mol. The topological polar surface area (TPSA) is 59.4 Å². The Balaban J connectivity index is 1.64. The first-order chi connectivity index (χ1) is 11.1. The van der Waals surface area contributed by atoms with Gasteiger partial charge in [-0.25, -0.2) is 14.1 Å². The second-order valence-electron chi connectivity index (χ2n) is 6.10. The zero-order valence-corrected chi connectivity index (χ0v) is 13.3. The third-order valence-corrected chi connectivity index (χ3v) is 4.12. The Bertz CT molecular complexity index is 677. The minimum atomic E-state index is -0.255. The van der Waals surface area contributed by atoms with E-state index in [4.69, 9.17) is 5.73 Å². The van der Waals surface area contributed by atoms with Crippen molar-refractivity contribution in [3.63, 3.8) is 0 Å². The molecule has 0 spiro atoms. The van der Waals surface area contributed by atoms with Gasteiger partial charge in [-0.05, 0) is 49.1 Å². The lowest BCUT2D eigenvalue weighted by Gasteiger charge is -2.31. The van der Waals surface area contributed by atoms with Crippen LogP contribution in [0.3, 0.4) is 0 Å². The van der Waals surface area contributed by atoms with Crippen LogP contribution in [0.5, 0.6) is 0 Å². The second-order valence-corrected chi connectivity index (χ2v) is 6.10. The van der Waals surface area contributed by atoms with Crippen molar-refractivity contribution in [1.82, 2.24) is 14.7 Å². The molecule has 3 rings (SSSR count). The minimum absolute atomic E-state index is 0.255. The lowest BCUT2D eigenvalue weighted by molar-refractivity contribution is 0.270. The van der Waals surface area contributed by atoms with Gasteiger partial charge in [0, 0.05) is 19.3 Å². The summed E-state index contributed by atoms with van der Waals surface area (Å²) in [6, 6.07) is 8.13. The average Bonchev–Trinajstić information content (AvgIpc) is 3.02. The highest BCUT2D eigenvalue weighted by Crippen LogP contribution is 2.15. The summed E-state index contributed by atoms with van der Waals surface area (Å²) in [5, 5.41) is 4.46. The molecule has 2 aromatic rings. The van der Waals surface area contributed by atoms with Gasteiger partial charge in [0.2, 0.25) is 0 Å². The smallest absolute Gasteiger partial charge is 0.191 e. The Morgan fingerprint density at radius 3 is 2.87 bits per heavy atom. The fraction of sp³-hybridized carbons (Fsp3) is 0.412. The predicted octanol–water partition coefficient (Wildman–Crippen LogP) is 2.56. The van der Waals surface area contributed by atoms with E-state index in [0.717, 1.165) is 30.9 Å². The monoisotopic (exact) mass is 315 g/mol. The number of rotatable bonds is 3. The number of nitrogens with zero attached hydrogens (tertiary/aromatic N) is 4. The third-order valence-electron chi connectivity index (χ3n) is 4.12. The first-order valence-corrected chi connectivity index (χ1v) is 7.97. The summed E-state index contributed by atoms with van der Waals surface area (Å²) < 4.78 is 14.7. The van der Waals surface area contributed by atoms with Crippen LogP contribution < -0.4 is 5.73 Å². The molecule has 1 aromatic heterocycles.